The molecule has 0 spiro atoms. The smallest absolute Gasteiger partial charge is 0.258 e. The lowest BCUT2D eigenvalue weighted by molar-refractivity contribution is -0.159. The van der Waals surface area contributed by atoms with Crippen LogP contribution in [0.1, 0.15) is 62.1 Å². The van der Waals surface area contributed by atoms with Crippen molar-refractivity contribution in [1.82, 2.24) is 9.99 Å². The van der Waals surface area contributed by atoms with Gasteiger partial charge in [0, 0.05) is 27.9 Å². The van der Waals surface area contributed by atoms with Gasteiger partial charge >= 0.3 is 0 Å². The molecule has 0 radical (unpaired) electrons. The van der Waals surface area contributed by atoms with Crippen molar-refractivity contribution >= 4 is 34.1 Å². The lowest BCUT2D eigenvalue weighted by Gasteiger charge is -2.56. The summed E-state index contributed by atoms with van der Waals surface area (Å²) in [5.41, 5.74) is 4.14. The molecule has 5 nitrogen and oxygen atoms in total. The number of nitrogens with one attached hydrogen (secondary N) is 1. The number of aromatic nitrogens is 1. The van der Waals surface area contributed by atoms with Crippen molar-refractivity contribution in [3.8, 4) is 11.1 Å². The number of carbonyl (C=O) groups excluding carboxylic acids is 1. The van der Waals surface area contributed by atoms with E-state index in [1.165, 1.54) is 19.3 Å². The Labute approximate surface area is 244 Å². The van der Waals surface area contributed by atoms with Gasteiger partial charge in [-0.1, -0.05) is 72.3 Å². The van der Waals surface area contributed by atoms with E-state index < -0.39 is 0 Å². The largest absolute Gasteiger partial charge is 0.321 e. The summed E-state index contributed by atoms with van der Waals surface area (Å²) in [6.07, 6.45) is 7.24. The second-order valence-corrected chi connectivity index (χ2v) is 13.2. The number of halogens is 1. The molecule has 4 aliphatic carbocycles. The Hall–Kier alpha value is -3.70. The number of hydrogen-bond acceptors (Lipinski definition) is 3. The summed E-state index contributed by atoms with van der Waals surface area (Å²) in [6.45, 7) is 0. The van der Waals surface area contributed by atoms with Gasteiger partial charge < -0.3 is 4.98 Å². The maximum absolute atomic E-state index is 14.7. The predicted molar refractivity (Wildman–Crippen MR) is 163 cm³/mol. The van der Waals surface area contributed by atoms with Crippen molar-refractivity contribution < 1.29 is 4.79 Å². The molecule has 41 heavy (non-hydrogen) atoms. The molecule has 6 heteroatoms. The molecule has 1 N–H and O–H groups in total. The van der Waals surface area contributed by atoms with Crippen molar-refractivity contribution in [3.63, 3.8) is 0 Å². The maximum Gasteiger partial charge on any atom is 0.258 e. The third-order valence-corrected chi connectivity index (χ3v) is 10.4. The molecular formula is C35H32ClN3O2. The highest BCUT2D eigenvalue weighted by atomic mass is 35.5. The number of amides is 1. The predicted octanol–water partition coefficient (Wildman–Crippen LogP) is 7.74. The van der Waals surface area contributed by atoms with Crippen LogP contribution in [0.2, 0.25) is 5.02 Å². The number of nitrogens with zero attached hydrogens (tertiary/aromatic N) is 2. The molecule has 1 amide bonds. The van der Waals surface area contributed by atoms with Crippen LogP contribution in [0, 0.1) is 23.2 Å². The molecule has 9 rings (SSSR count). The van der Waals surface area contributed by atoms with Gasteiger partial charge in [0.05, 0.1) is 22.7 Å². The van der Waals surface area contributed by atoms with Gasteiger partial charge in [0.1, 0.15) is 0 Å². The van der Waals surface area contributed by atoms with Crippen LogP contribution in [0.15, 0.2) is 88.8 Å². The lowest BCUT2D eigenvalue weighted by atomic mass is 9.49. The number of carbonyl (C=O) groups is 1. The van der Waals surface area contributed by atoms with Crippen LogP contribution in [0.4, 0.5) is 0 Å². The van der Waals surface area contributed by atoms with E-state index in [-0.39, 0.29) is 22.9 Å². The van der Waals surface area contributed by atoms with Crippen LogP contribution in [0.25, 0.3) is 22.0 Å². The molecule has 4 aromatic rings. The van der Waals surface area contributed by atoms with E-state index in [1.54, 1.807) is 11.1 Å². The molecule has 1 aliphatic heterocycles. The number of hydrogen-bond donors (Lipinski definition) is 1. The minimum Gasteiger partial charge on any atom is -0.321 e. The van der Waals surface area contributed by atoms with Crippen LogP contribution in [0.5, 0.6) is 0 Å². The molecule has 3 aromatic carbocycles. The number of rotatable bonds is 4. The van der Waals surface area contributed by atoms with E-state index in [2.05, 4.69) is 17.1 Å². The number of aromatic amines is 1. The van der Waals surface area contributed by atoms with Gasteiger partial charge in [0.2, 0.25) is 5.91 Å². The molecule has 0 saturated heterocycles. The summed E-state index contributed by atoms with van der Waals surface area (Å²) in [4.78, 5) is 31.6. The number of benzene rings is 3. The molecule has 1 aromatic heterocycles. The highest BCUT2D eigenvalue weighted by Gasteiger charge is 2.57. The molecule has 206 valence electrons. The fraction of sp³-hybridized carbons (Fsp3) is 0.343. The topological polar surface area (TPSA) is 65.5 Å². The maximum atomic E-state index is 14.7. The Bertz CT molecular complexity index is 1730. The van der Waals surface area contributed by atoms with Gasteiger partial charge in [-0.3, -0.25) is 9.59 Å². The number of pyridine rings is 1. The van der Waals surface area contributed by atoms with Gasteiger partial charge in [-0.25, -0.2) is 5.01 Å². The first-order valence-electron chi connectivity index (χ1n) is 14.8. The van der Waals surface area contributed by atoms with E-state index in [1.807, 2.05) is 60.7 Å². The van der Waals surface area contributed by atoms with Crippen LogP contribution in [-0.4, -0.2) is 21.6 Å². The number of hydrazone groups is 1. The second-order valence-electron chi connectivity index (χ2n) is 12.8. The van der Waals surface area contributed by atoms with Crippen molar-refractivity contribution in [2.45, 2.75) is 51.0 Å². The van der Waals surface area contributed by atoms with Crippen LogP contribution in [0.3, 0.4) is 0 Å². The second kappa shape index (κ2) is 9.42. The standard InChI is InChI=1S/C35H32ClN3O2/c36-26-11-12-28-27(16-26)31(25-9-5-2-6-10-25)32(33(40)37-28)29-17-30(24-7-3-1-4-8-24)39(38-29)34(41)35-18-21-13-22(19-35)15-23(14-21)20-35/h1-12,16,21-23,30H,13-15,17-20H2,(H,37,40)/t21?,22?,23?,30-,35?/m1/s1. The molecule has 5 aliphatic rings. The highest BCUT2D eigenvalue weighted by molar-refractivity contribution is 6.31. The molecular weight excluding hydrogens is 530 g/mol. The first-order chi connectivity index (χ1) is 20.0. The molecule has 1 atom stereocenters. The van der Waals surface area contributed by atoms with E-state index in [4.69, 9.17) is 16.7 Å². The van der Waals surface area contributed by atoms with Crippen molar-refractivity contribution in [2.24, 2.45) is 28.3 Å². The fourth-order valence-corrected chi connectivity index (χ4v) is 9.02. The average molecular weight is 562 g/mol. The molecule has 2 heterocycles. The van der Waals surface area contributed by atoms with E-state index >= 15 is 0 Å². The number of H-pyrrole nitrogens is 1. The van der Waals surface area contributed by atoms with Gasteiger partial charge in [-0.15, -0.1) is 0 Å². The summed E-state index contributed by atoms with van der Waals surface area (Å²) in [6, 6.07) is 25.4. The van der Waals surface area contributed by atoms with Gasteiger partial charge in [-0.2, -0.15) is 5.10 Å². The zero-order valence-corrected chi connectivity index (χ0v) is 23.6. The summed E-state index contributed by atoms with van der Waals surface area (Å²) < 4.78 is 0. The van der Waals surface area contributed by atoms with Crippen molar-refractivity contribution in [3.05, 3.63) is 105 Å². The van der Waals surface area contributed by atoms with E-state index in [0.29, 0.717) is 40.5 Å². The van der Waals surface area contributed by atoms with E-state index in [9.17, 15) is 9.59 Å². The summed E-state index contributed by atoms with van der Waals surface area (Å²) in [5.74, 6) is 2.12. The molecule has 4 fully saturated rings. The van der Waals surface area contributed by atoms with Crippen molar-refractivity contribution in [1.29, 1.82) is 0 Å². The zero-order valence-electron chi connectivity index (χ0n) is 22.9. The minimum atomic E-state index is -0.327. The van der Waals surface area contributed by atoms with Crippen LogP contribution < -0.4 is 5.56 Å². The first-order valence-corrected chi connectivity index (χ1v) is 15.2. The highest BCUT2D eigenvalue weighted by Crippen LogP contribution is 2.61. The van der Waals surface area contributed by atoms with Crippen LogP contribution in [-0.2, 0) is 4.79 Å². The quantitative estimate of drug-likeness (QED) is 0.277. The van der Waals surface area contributed by atoms with Gasteiger partial charge in [0.25, 0.3) is 5.56 Å². The molecule has 0 unspecified atom stereocenters. The Morgan fingerprint density at radius 1 is 0.854 bits per heavy atom. The number of fused-ring (bicyclic) bond motifs is 1. The first kappa shape index (κ1) is 25.0. The Balaban J connectivity index is 1.30. The monoisotopic (exact) mass is 561 g/mol. The molecule has 4 saturated carbocycles. The van der Waals surface area contributed by atoms with Crippen molar-refractivity contribution in [2.75, 3.05) is 0 Å². The zero-order chi connectivity index (χ0) is 27.7. The molecule has 4 bridgehead atoms. The minimum absolute atomic E-state index is 0.155. The Kier molecular flexibility index (Phi) is 5.75. The SMILES string of the molecule is O=C(N1N=C(c2c(-c3ccccc3)c3cc(Cl)ccc3[nH]c2=O)C[C@@H]1c1ccccc1)C12CC3CC(CC(C3)C1)C2. The lowest BCUT2D eigenvalue weighted by Crippen LogP contribution is -2.53. The Morgan fingerprint density at radius 3 is 2.15 bits per heavy atom. The van der Waals surface area contributed by atoms with Gasteiger partial charge in [-0.05, 0) is 85.6 Å². The third-order valence-electron chi connectivity index (χ3n) is 10.1. The van der Waals surface area contributed by atoms with Crippen LogP contribution >= 0.6 is 11.6 Å². The third kappa shape index (κ3) is 4.08. The summed E-state index contributed by atoms with van der Waals surface area (Å²) in [7, 11) is 0. The average Bonchev–Trinajstić information content (AvgIpc) is 3.41. The van der Waals surface area contributed by atoms with E-state index in [0.717, 1.165) is 46.9 Å². The summed E-state index contributed by atoms with van der Waals surface area (Å²) in [5, 5.41) is 8.33. The van der Waals surface area contributed by atoms with Gasteiger partial charge in [0.15, 0.2) is 0 Å². The summed E-state index contributed by atoms with van der Waals surface area (Å²) >= 11 is 6.47. The normalized spacial score (nSPS) is 28.3. The fourth-order valence-electron chi connectivity index (χ4n) is 8.84. The Morgan fingerprint density at radius 2 is 1.49 bits per heavy atom.